The number of ether oxygens (including phenoxy) is 1. The molecule has 8 heteroatoms. The number of carbonyl (C=O) groups is 1. The largest absolute Gasteiger partial charge is 0.460 e. The van der Waals surface area contributed by atoms with Gasteiger partial charge in [0.2, 0.25) is 5.76 Å². The van der Waals surface area contributed by atoms with E-state index in [1.807, 2.05) is 0 Å². The molecule has 0 aliphatic rings. The second kappa shape index (κ2) is 6.48. The fraction of sp³-hybridized carbons (Fsp3) is 0.300. The zero-order valence-corrected chi connectivity index (χ0v) is 11.2. The first kappa shape index (κ1) is 14.6. The van der Waals surface area contributed by atoms with Crippen LogP contribution in [0.2, 0.25) is 0 Å². The fourth-order valence-electron chi connectivity index (χ4n) is 1.38. The third-order valence-corrected chi connectivity index (χ3v) is 2.61. The van der Waals surface area contributed by atoms with Crippen molar-refractivity contribution < 1.29 is 13.9 Å². The molecule has 0 bridgehead atoms. The Kier molecular flexibility index (Phi) is 5.26. The summed E-state index contributed by atoms with van der Waals surface area (Å²) in [7, 11) is 0. The monoisotopic (exact) mass is 289 g/mol. The minimum absolute atomic E-state index is 0. The first-order valence-corrected chi connectivity index (χ1v) is 5.87. The molecule has 0 aliphatic carbocycles. The van der Waals surface area contributed by atoms with Gasteiger partial charge in [-0.25, -0.2) is 4.79 Å². The Morgan fingerprint density at radius 2 is 2.39 bits per heavy atom. The Morgan fingerprint density at radius 1 is 1.61 bits per heavy atom. The van der Waals surface area contributed by atoms with Gasteiger partial charge in [0.25, 0.3) is 0 Å². The van der Waals surface area contributed by atoms with E-state index in [4.69, 9.17) is 14.9 Å². The van der Waals surface area contributed by atoms with Crippen molar-refractivity contribution in [2.24, 2.45) is 5.73 Å². The molecule has 2 rings (SSSR count). The van der Waals surface area contributed by atoms with E-state index in [0.29, 0.717) is 23.6 Å². The summed E-state index contributed by atoms with van der Waals surface area (Å²) in [6.07, 6.45) is 0. The lowest BCUT2D eigenvalue weighted by atomic mass is 10.2. The average Bonchev–Trinajstić information content (AvgIpc) is 2.97. The molecule has 0 fully saturated rings. The van der Waals surface area contributed by atoms with Gasteiger partial charge in [-0.3, -0.25) is 0 Å². The molecular weight excluding hydrogens is 278 g/mol. The van der Waals surface area contributed by atoms with Crippen LogP contribution >= 0.6 is 23.9 Å². The van der Waals surface area contributed by atoms with Gasteiger partial charge < -0.3 is 14.9 Å². The number of hydrogen-bond acceptors (Lipinski definition) is 7. The second-order valence-electron chi connectivity index (χ2n) is 3.16. The van der Waals surface area contributed by atoms with E-state index in [2.05, 4.69) is 9.59 Å². The van der Waals surface area contributed by atoms with Crippen molar-refractivity contribution in [2.45, 2.75) is 13.5 Å². The summed E-state index contributed by atoms with van der Waals surface area (Å²) < 4.78 is 13.9. The average molecular weight is 290 g/mol. The van der Waals surface area contributed by atoms with Crippen LogP contribution in [0.4, 0.5) is 0 Å². The minimum Gasteiger partial charge on any atom is -0.460 e. The van der Waals surface area contributed by atoms with Gasteiger partial charge in [-0.05, 0) is 18.5 Å². The van der Waals surface area contributed by atoms with Crippen molar-refractivity contribution in [1.82, 2.24) is 9.59 Å². The van der Waals surface area contributed by atoms with Crippen LogP contribution < -0.4 is 5.73 Å². The number of aromatic nitrogens is 2. The molecule has 2 aromatic rings. The van der Waals surface area contributed by atoms with E-state index in [9.17, 15) is 4.79 Å². The van der Waals surface area contributed by atoms with Gasteiger partial charge in [0.15, 0.2) is 0 Å². The molecule has 0 aliphatic heterocycles. The van der Waals surface area contributed by atoms with Gasteiger partial charge in [-0.2, -0.15) is 0 Å². The van der Waals surface area contributed by atoms with Crippen molar-refractivity contribution in [1.29, 1.82) is 0 Å². The number of hydrogen-bond donors (Lipinski definition) is 1. The summed E-state index contributed by atoms with van der Waals surface area (Å²) in [6.45, 7) is 2.22. The van der Waals surface area contributed by atoms with Crippen LogP contribution in [0.5, 0.6) is 0 Å². The van der Waals surface area contributed by atoms with Gasteiger partial charge in [-0.15, -0.1) is 17.5 Å². The Balaban J connectivity index is 0.00000162. The topological polar surface area (TPSA) is 91.2 Å². The Morgan fingerprint density at radius 3 is 2.94 bits per heavy atom. The summed E-state index contributed by atoms with van der Waals surface area (Å²) in [5.74, 6) is 0.132. The number of halogens is 1. The smallest absolute Gasteiger partial charge is 0.374 e. The van der Waals surface area contributed by atoms with E-state index in [1.165, 1.54) is 11.5 Å². The van der Waals surface area contributed by atoms with Crippen LogP contribution in [-0.2, 0) is 11.3 Å². The van der Waals surface area contributed by atoms with Crippen molar-refractivity contribution in [3.8, 4) is 11.3 Å². The molecule has 0 unspecified atom stereocenters. The van der Waals surface area contributed by atoms with Crippen LogP contribution in [0.25, 0.3) is 11.3 Å². The maximum Gasteiger partial charge on any atom is 0.374 e. The standard InChI is InChI=1S/C10H11N3O3S.ClH/c1-2-15-10(14)8-3-6(9(4-11)16-8)7-5-17-13-12-7;/h3,5H,2,4,11H2,1H3;1H. The first-order chi connectivity index (χ1) is 8.26. The number of rotatable bonds is 4. The quantitative estimate of drug-likeness (QED) is 0.864. The van der Waals surface area contributed by atoms with Crippen LogP contribution in [-0.4, -0.2) is 22.2 Å². The summed E-state index contributed by atoms with van der Waals surface area (Å²) in [5, 5.41) is 5.68. The van der Waals surface area contributed by atoms with E-state index in [1.54, 1.807) is 18.4 Å². The van der Waals surface area contributed by atoms with Gasteiger partial charge in [0.05, 0.1) is 13.2 Å². The molecule has 0 radical (unpaired) electrons. The SMILES string of the molecule is CCOC(=O)c1cc(-c2csnn2)c(CN)o1.Cl. The summed E-state index contributed by atoms with van der Waals surface area (Å²) in [4.78, 5) is 11.5. The van der Waals surface area contributed by atoms with Crippen molar-refractivity contribution in [2.75, 3.05) is 6.61 Å². The number of nitrogens with zero attached hydrogens (tertiary/aromatic N) is 2. The molecule has 98 valence electrons. The maximum absolute atomic E-state index is 11.5. The molecule has 6 nitrogen and oxygen atoms in total. The molecule has 18 heavy (non-hydrogen) atoms. The third kappa shape index (κ3) is 2.87. The summed E-state index contributed by atoms with van der Waals surface area (Å²) in [6, 6.07) is 1.58. The van der Waals surface area contributed by atoms with E-state index >= 15 is 0 Å². The van der Waals surface area contributed by atoms with Gasteiger partial charge in [0, 0.05) is 17.0 Å². The lowest BCUT2D eigenvalue weighted by Gasteiger charge is -1.96. The zero-order chi connectivity index (χ0) is 12.3. The van der Waals surface area contributed by atoms with Gasteiger partial charge in [0.1, 0.15) is 11.5 Å². The van der Waals surface area contributed by atoms with Crippen molar-refractivity contribution in [3.05, 3.63) is 23.0 Å². The van der Waals surface area contributed by atoms with E-state index in [0.717, 1.165) is 0 Å². The van der Waals surface area contributed by atoms with Gasteiger partial charge >= 0.3 is 5.97 Å². The normalized spacial score (nSPS) is 9.89. The predicted molar refractivity (Wildman–Crippen MR) is 68.7 cm³/mol. The lowest BCUT2D eigenvalue weighted by Crippen LogP contribution is -2.02. The highest BCUT2D eigenvalue weighted by Gasteiger charge is 2.19. The minimum atomic E-state index is -0.503. The molecule has 2 aromatic heterocycles. The van der Waals surface area contributed by atoms with E-state index in [-0.39, 0.29) is 24.7 Å². The highest BCUT2D eigenvalue weighted by Crippen LogP contribution is 2.26. The predicted octanol–water partition coefficient (Wildman–Crippen LogP) is 1.86. The van der Waals surface area contributed by atoms with Crippen LogP contribution in [0, 0.1) is 0 Å². The maximum atomic E-state index is 11.5. The fourth-order valence-corrected chi connectivity index (χ4v) is 1.84. The molecule has 2 heterocycles. The highest BCUT2D eigenvalue weighted by atomic mass is 35.5. The lowest BCUT2D eigenvalue weighted by molar-refractivity contribution is 0.0488. The third-order valence-electron chi connectivity index (χ3n) is 2.11. The van der Waals surface area contributed by atoms with Crippen LogP contribution in [0.15, 0.2) is 15.9 Å². The number of furan rings is 1. The highest BCUT2D eigenvalue weighted by molar-refractivity contribution is 7.03. The van der Waals surface area contributed by atoms with Crippen LogP contribution in [0.1, 0.15) is 23.2 Å². The van der Waals surface area contributed by atoms with Gasteiger partial charge in [-0.1, -0.05) is 4.49 Å². The molecule has 0 atom stereocenters. The molecule has 2 N–H and O–H groups in total. The van der Waals surface area contributed by atoms with E-state index < -0.39 is 5.97 Å². The van der Waals surface area contributed by atoms with Crippen LogP contribution in [0.3, 0.4) is 0 Å². The number of nitrogens with two attached hydrogens (primary N) is 1. The van der Waals surface area contributed by atoms with Crippen molar-refractivity contribution >= 4 is 29.9 Å². The first-order valence-electron chi connectivity index (χ1n) is 5.03. The summed E-state index contributed by atoms with van der Waals surface area (Å²) >= 11 is 1.22. The molecule has 0 spiro atoms. The van der Waals surface area contributed by atoms with Crippen molar-refractivity contribution in [3.63, 3.8) is 0 Å². The second-order valence-corrected chi connectivity index (χ2v) is 3.77. The zero-order valence-electron chi connectivity index (χ0n) is 9.58. The molecular formula is C10H12ClN3O3S. The Labute approximate surface area is 114 Å². The Bertz CT molecular complexity index is 512. The molecule has 0 amide bonds. The molecule has 0 aromatic carbocycles. The molecule has 0 saturated carbocycles. The number of carbonyl (C=O) groups excluding carboxylic acids is 1. The summed E-state index contributed by atoms with van der Waals surface area (Å²) in [5.41, 5.74) is 6.89. The number of esters is 1. The molecule has 0 saturated heterocycles. The Hall–Kier alpha value is -1.44.